The number of furan rings is 1. The van der Waals surface area contributed by atoms with Gasteiger partial charge in [-0.3, -0.25) is 4.79 Å². The number of rotatable bonds is 4. The van der Waals surface area contributed by atoms with E-state index < -0.39 is 0 Å². The predicted octanol–water partition coefficient (Wildman–Crippen LogP) is 0.461. The second kappa shape index (κ2) is 7.46. The van der Waals surface area contributed by atoms with Gasteiger partial charge >= 0.3 is 0 Å². The molecular formula is C23H26N4O2+2. The Morgan fingerprint density at radius 1 is 1.00 bits per heavy atom. The summed E-state index contributed by atoms with van der Waals surface area (Å²) >= 11 is 0. The first-order valence-corrected chi connectivity index (χ1v) is 10.3. The standard InChI is InChI=1S/C23H24N4O2/c1-16-5-4-6-17(13-16)14-26-9-11-27(12-10-26)15-20-24-21-18-7-2-3-8-19(18)29-22(21)23(28)25-20/h2-8,13H,9-12,14-15H2,1H3,(H,24,25,28)/p+2. The van der Waals surface area contributed by atoms with Gasteiger partial charge in [0.15, 0.2) is 5.82 Å². The zero-order valence-corrected chi connectivity index (χ0v) is 16.6. The van der Waals surface area contributed by atoms with Crippen LogP contribution >= 0.6 is 0 Å². The van der Waals surface area contributed by atoms with E-state index in [1.807, 2.05) is 24.3 Å². The van der Waals surface area contributed by atoms with Crippen molar-refractivity contribution in [1.82, 2.24) is 9.97 Å². The molecule has 0 unspecified atom stereocenters. The number of aromatic nitrogens is 2. The van der Waals surface area contributed by atoms with Crippen LogP contribution in [0.2, 0.25) is 0 Å². The summed E-state index contributed by atoms with van der Waals surface area (Å²) in [5, 5.41) is 0.900. The molecule has 6 heteroatoms. The number of nitrogens with zero attached hydrogens (tertiary/aromatic N) is 1. The Kier molecular flexibility index (Phi) is 4.66. The van der Waals surface area contributed by atoms with Crippen LogP contribution in [0, 0.1) is 6.92 Å². The minimum absolute atomic E-state index is 0.190. The summed E-state index contributed by atoms with van der Waals surface area (Å²) < 4.78 is 5.69. The summed E-state index contributed by atoms with van der Waals surface area (Å²) in [5.74, 6) is 0.742. The van der Waals surface area contributed by atoms with Crippen molar-refractivity contribution in [3.05, 3.63) is 75.8 Å². The molecule has 2 aromatic carbocycles. The molecular weight excluding hydrogens is 364 g/mol. The molecule has 6 nitrogen and oxygen atoms in total. The van der Waals surface area contributed by atoms with E-state index in [2.05, 4.69) is 36.2 Å². The van der Waals surface area contributed by atoms with E-state index in [1.165, 1.54) is 16.0 Å². The van der Waals surface area contributed by atoms with Gasteiger partial charge in [-0.25, -0.2) is 4.98 Å². The van der Waals surface area contributed by atoms with Gasteiger partial charge in [0.1, 0.15) is 50.4 Å². The molecule has 0 bridgehead atoms. The molecule has 29 heavy (non-hydrogen) atoms. The number of aryl methyl sites for hydroxylation is 1. The maximum Gasteiger partial charge on any atom is 0.294 e. The van der Waals surface area contributed by atoms with Crippen LogP contribution in [0.25, 0.3) is 22.1 Å². The molecule has 0 radical (unpaired) electrons. The summed E-state index contributed by atoms with van der Waals surface area (Å²) in [6.45, 7) is 8.38. The smallest absolute Gasteiger partial charge is 0.294 e. The first-order chi connectivity index (χ1) is 14.2. The van der Waals surface area contributed by atoms with Crippen LogP contribution in [0.1, 0.15) is 17.0 Å². The Morgan fingerprint density at radius 3 is 2.55 bits per heavy atom. The van der Waals surface area contributed by atoms with Crippen molar-refractivity contribution in [2.45, 2.75) is 20.0 Å². The lowest BCUT2D eigenvalue weighted by molar-refractivity contribution is -1.02. The average molecular weight is 390 g/mol. The topological polar surface area (TPSA) is 67.8 Å². The molecule has 0 amide bonds. The second-order valence-corrected chi connectivity index (χ2v) is 8.13. The van der Waals surface area contributed by atoms with Gasteiger partial charge in [0.2, 0.25) is 5.58 Å². The van der Waals surface area contributed by atoms with Crippen LogP contribution in [-0.2, 0) is 13.1 Å². The van der Waals surface area contributed by atoms with Gasteiger partial charge in [-0.2, -0.15) is 0 Å². The molecule has 2 aromatic heterocycles. The lowest BCUT2D eigenvalue weighted by atomic mass is 10.1. The third-order valence-corrected chi connectivity index (χ3v) is 5.90. The predicted molar refractivity (Wildman–Crippen MR) is 112 cm³/mol. The number of fused-ring (bicyclic) bond motifs is 3. The molecule has 0 atom stereocenters. The summed E-state index contributed by atoms with van der Waals surface area (Å²) in [5.41, 5.74) is 4.23. The Bertz CT molecular complexity index is 1220. The second-order valence-electron chi connectivity index (χ2n) is 8.13. The van der Waals surface area contributed by atoms with Crippen LogP contribution in [0.15, 0.2) is 57.7 Å². The number of H-pyrrole nitrogens is 1. The Labute approximate surface area is 168 Å². The van der Waals surface area contributed by atoms with Crippen LogP contribution in [0.3, 0.4) is 0 Å². The van der Waals surface area contributed by atoms with Crippen LogP contribution in [-0.4, -0.2) is 36.1 Å². The van der Waals surface area contributed by atoms with Gasteiger partial charge in [0.25, 0.3) is 5.56 Å². The van der Waals surface area contributed by atoms with Crippen LogP contribution in [0.5, 0.6) is 0 Å². The third-order valence-electron chi connectivity index (χ3n) is 5.90. The number of para-hydroxylation sites is 1. The molecule has 1 aliphatic rings. The molecule has 0 saturated carbocycles. The monoisotopic (exact) mass is 390 g/mol. The van der Waals surface area contributed by atoms with Crippen molar-refractivity contribution in [1.29, 1.82) is 0 Å². The lowest BCUT2D eigenvalue weighted by Gasteiger charge is -2.29. The summed E-state index contributed by atoms with van der Waals surface area (Å²) in [4.78, 5) is 23.2. The first kappa shape index (κ1) is 18.1. The molecule has 0 spiro atoms. The number of aromatic amines is 1. The Balaban J connectivity index is 1.28. The number of hydrogen-bond donors (Lipinski definition) is 3. The molecule has 4 aromatic rings. The van der Waals surface area contributed by atoms with Crippen LogP contribution < -0.4 is 15.4 Å². The van der Waals surface area contributed by atoms with Gasteiger partial charge in [0, 0.05) is 10.9 Å². The van der Waals surface area contributed by atoms with E-state index in [4.69, 9.17) is 9.40 Å². The first-order valence-electron chi connectivity index (χ1n) is 10.3. The quantitative estimate of drug-likeness (QED) is 0.474. The van der Waals surface area contributed by atoms with Gasteiger partial charge in [0.05, 0.1) is 0 Å². The van der Waals surface area contributed by atoms with E-state index in [-0.39, 0.29) is 5.56 Å². The lowest BCUT2D eigenvalue weighted by Crippen LogP contribution is -3.27. The van der Waals surface area contributed by atoms with Gasteiger partial charge < -0.3 is 19.2 Å². The zero-order chi connectivity index (χ0) is 19.8. The van der Waals surface area contributed by atoms with E-state index in [1.54, 1.807) is 4.90 Å². The fraction of sp³-hybridized carbons (Fsp3) is 0.304. The van der Waals surface area contributed by atoms with E-state index in [0.717, 1.165) is 50.5 Å². The number of quaternary nitrogens is 2. The SMILES string of the molecule is Cc1cccc(C[NH+]2CC[NH+](Cc3nc4c(oc5ccccc54)c(=O)[nH]3)CC2)c1. The Morgan fingerprint density at radius 2 is 1.76 bits per heavy atom. The minimum Gasteiger partial charge on any atom is -0.449 e. The zero-order valence-electron chi connectivity index (χ0n) is 16.6. The molecule has 1 fully saturated rings. The van der Waals surface area contributed by atoms with Crippen LogP contribution in [0.4, 0.5) is 0 Å². The largest absolute Gasteiger partial charge is 0.449 e. The fourth-order valence-electron chi connectivity index (χ4n) is 4.39. The minimum atomic E-state index is -0.190. The summed E-state index contributed by atoms with van der Waals surface area (Å²) in [6, 6.07) is 16.5. The highest BCUT2D eigenvalue weighted by Crippen LogP contribution is 2.24. The normalized spacial score (nSPS) is 19.8. The summed E-state index contributed by atoms with van der Waals surface area (Å²) in [6.07, 6.45) is 0. The Hall–Kier alpha value is -2.96. The molecule has 3 N–H and O–H groups in total. The number of piperazine rings is 1. The van der Waals surface area contributed by atoms with Gasteiger partial charge in [-0.1, -0.05) is 42.0 Å². The van der Waals surface area contributed by atoms with E-state index in [0.29, 0.717) is 16.7 Å². The number of benzene rings is 2. The van der Waals surface area contributed by atoms with Crippen molar-refractivity contribution in [2.75, 3.05) is 26.2 Å². The molecule has 148 valence electrons. The summed E-state index contributed by atoms with van der Waals surface area (Å²) in [7, 11) is 0. The maximum atomic E-state index is 12.5. The molecule has 1 aliphatic heterocycles. The van der Waals surface area contributed by atoms with Gasteiger partial charge in [-0.05, 0) is 19.1 Å². The fourth-order valence-corrected chi connectivity index (χ4v) is 4.39. The molecule has 1 saturated heterocycles. The number of nitrogens with one attached hydrogen (secondary N) is 3. The van der Waals surface area contributed by atoms with Crippen molar-refractivity contribution >= 4 is 22.1 Å². The van der Waals surface area contributed by atoms with E-state index in [9.17, 15) is 4.79 Å². The van der Waals surface area contributed by atoms with Crippen molar-refractivity contribution in [3.8, 4) is 0 Å². The number of hydrogen-bond acceptors (Lipinski definition) is 3. The van der Waals surface area contributed by atoms with Crippen molar-refractivity contribution in [3.63, 3.8) is 0 Å². The molecule has 0 aliphatic carbocycles. The van der Waals surface area contributed by atoms with Crippen molar-refractivity contribution < 1.29 is 14.2 Å². The highest BCUT2D eigenvalue weighted by atomic mass is 16.3. The molecule has 5 rings (SSSR count). The third kappa shape index (κ3) is 3.69. The van der Waals surface area contributed by atoms with E-state index >= 15 is 0 Å². The maximum absolute atomic E-state index is 12.5. The highest BCUT2D eigenvalue weighted by molar-refractivity contribution is 6.01. The molecule has 3 heterocycles. The average Bonchev–Trinajstić information content (AvgIpc) is 3.09. The highest BCUT2D eigenvalue weighted by Gasteiger charge is 2.24. The van der Waals surface area contributed by atoms with Crippen molar-refractivity contribution in [2.24, 2.45) is 0 Å². The van der Waals surface area contributed by atoms with Gasteiger partial charge in [-0.15, -0.1) is 0 Å².